The van der Waals surface area contributed by atoms with Crippen LogP contribution in [0.15, 0.2) is 23.2 Å². The van der Waals surface area contributed by atoms with Crippen LogP contribution >= 0.6 is 0 Å². The van der Waals surface area contributed by atoms with Crippen LogP contribution in [0.25, 0.3) is 0 Å². The zero-order valence-electron chi connectivity index (χ0n) is 17.5. The van der Waals surface area contributed by atoms with Crippen molar-refractivity contribution in [2.24, 2.45) is 16.3 Å². The van der Waals surface area contributed by atoms with E-state index in [0.717, 1.165) is 31.6 Å². The quantitative estimate of drug-likeness (QED) is 0.560. The SMILES string of the molecule is CN=C(NCc1cc(C)ccc1OC(F)F)NCC1CCCOC1C(C)(C)C. The summed E-state index contributed by atoms with van der Waals surface area (Å²) in [6.45, 7) is 7.56. The standard InChI is InChI=1S/C21H33F2N3O2/c1-14-8-9-17(28-19(22)23)16(11-14)13-26-20(24-5)25-12-15-7-6-10-27-18(15)21(2,3)4/h8-9,11,15,18-19H,6-7,10,12-13H2,1-5H3,(H2,24,25,26). The minimum absolute atomic E-state index is 0.0762. The van der Waals surface area contributed by atoms with E-state index in [-0.39, 0.29) is 17.3 Å². The van der Waals surface area contributed by atoms with Crippen molar-refractivity contribution in [3.63, 3.8) is 0 Å². The van der Waals surface area contributed by atoms with Gasteiger partial charge in [-0.25, -0.2) is 0 Å². The highest BCUT2D eigenvalue weighted by atomic mass is 19.3. The van der Waals surface area contributed by atoms with E-state index < -0.39 is 6.61 Å². The van der Waals surface area contributed by atoms with E-state index in [2.05, 4.69) is 41.1 Å². The lowest BCUT2D eigenvalue weighted by atomic mass is 9.78. The maximum Gasteiger partial charge on any atom is 0.387 e. The van der Waals surface area contributed by atoms with Crippen LogP contribution in [0.1, 0.15) is 44.7 Å². The number of ether oxygens (including phenoxy) is 2. The van der Waals surface area contributed by atoms with Crippen LogP contribution in [0.4, 0.5) is 8.78 Å². The minimum atomic E-state index is -2.85. The summed E-state index contributed by atoms with van der Waals surface area (Å²) in [5.74, 6) is 1.20. The molecule has 2 atom stereocenters. The molecule has 0 amide bonds. The third-order valence-electron chi connectivity index (χ3n) is 4.93. The van der Waals surface area contributed by atoms with Gasteiger partial charge in [-0.15, -0.1) is 0 Å². The fourth-order valence-corrected chi connectivity index (χ4v) is 3.69. The Hall–Kier alpha value is -1.89. The maximum atomic E-state index is 12.6. The highest BCUT2D eigenvalue weighted by Crippen LogP contribution is 2.33. The summed E-state index contributed by atoms with van der Waals surface area (Å²) in [7, 11) is 1.70. The Balaban J connectivity index is 1.95. The molecule has 158 valence electrons. The van der Waals surface area contributed by atoms with Gasteiger partial charge in [-0.1, -0.05) is 38.5 Å². The van der Waals surface area contributed by atoms with Crippen LogP contribution in [0.5, 0.6) is 5.75 Å². The summed E-state index contributed by atoms with van der Waals surface area (Å²) in [5.41, 5.74) is 1.72. The second-order valence-electron chi connectivity index (χ2n) is 8.36. The molecule has 1 aromatic carbocycles. The second kappa shape index (κ2) is 10.0. The molecule has 0 spiro atoms. The largest absolute Gasteiger partial charge is 0.434 e. The van der Waals surface area contributed by atoms with Gasteiger partial charge in [0.05, 0.1) is 6.10 Å². The highest BCUT2D eigenvalue weighted by molar-refractivity contribution is 5.79. The first-order valence-electron chi connectivity index (χ1n) is 9.81. The Bertz CT molecular complexity index is 660. The molecule has 2 rings (SSSR count). The zero-order valence-corrected chi connectivity index (χ0v) is 17.5. The number of benzene rings is 1. The van der Waals surface area contributed by atoms with Gasteiger partial charge in [-0.3, -0.25) is 4.99 Å². The van der Waals surface area contributed by atoms with Gasteiger partial charge in [0.2, 0.25) is 0 Å². The van der Waals surface area contributed by atoms with Crippen molar-refractivity contribution in [2.45, 2.75) is 59.8 Å². The molecule has 28 heavy (non-hydrogen) atoms. The van der Waals surface area contributed by atoms with Crippen molar-refractivity contribution in [1.29, 1.82) is 0 Å². The Labute approximate surface area is 166 Å². The number of aryl methyl sites for hydroxylation is 1. The van der Waals surface area contributed by atoms with E-state index in [1.54, 1.807) is 19.2 Å². The fraction of sp³-hybridized carbons (Fsp3) is 0.667. The topological polar surface area (TPSA) is 54.9 Å². The molecule has 7 heteroatoms. The van der Waals surface area contributed by atoms with Gasteiger partial charge in [0.25, 0.3) is 0 Å². The predicted octanol–water partition coefficient (Wildman–Crippen LogP) is 4.10. The molecule has 0 aromatic heterocycles. The number of guanidine groups is 1. The Kier molecular flexibility index (Phi) is 8.04. The number of hydrogen-bond acceptors (Lipinski definition) is 3. The van der Waals surface area contributed by atoms with Crippen molar-refractivity contribution in [2.75, 3.05) is 20.2 Å². The van der Waals surface area contributed by atoms with E-state index in [0.29, 0.717) is 24.0 Å². The summed E-state index contributed by atoms with van der Waals surface area (Å²) in [6, 6.07) is 5.16. The lowest BCUT2D eigenvalue weighted by Crippen LogP contribution is -2.47. The van der Waals surface area contributed by atoms with Gasteiger partial charge < -0.3 is 20.1 Å². The van der Waals surface area contributed by atoms with Crippen molar-refractivity contribution in [3.8, 4) is 5.75 Å². The van der Waals surface area contributed by atoms with Crippen LogP contribution in [0.2, 0.25) is 0 Å². The first kappa shape index (κ1) is 22.4. The smallest absolute Gasteiger partial charge is 0.387 e. The van der Waals surface area contributed by atoms with Gasteiger partial charge in [0.1, 0.15) is 5.75 Å². The Morgan fingerprint density at radius 3 is 2.71 bits per heavy atom. The van der Waals surface area contributed by atoms with Crippen LogP contribution in [-0.2, 0) is 11.3 Å². The van der Waals surface area contributed by atoms with Crippen LogP contribution < -0.4 is 15.4 Å². The third-order valence-corrected chi connectivity index (χ3v) is 4.93. The molecule has 0 saturated carbocycles. The molecular weight excluding hydrogens is 364 g/mol. The van der Waals surface area contributed by atoms with Crippen molar-refractivity contribution < 1.29 is 18.3 Å². The molecule has 2 unspecified atom stereocenters. The first-order valence-corrected chi connectivity index (χ1v) is 9.81. The molecule has 0 aliphatic carbocycles. The van der Waals surface area contributed by atoms with Gasteiger partial charge in [-0.05, 0) is 31.2 Å². The third kappa shape index (κ3) is 6.62. The number of rotatable bonds is 6. The average molecular weight is 398 g/mol. The van der Waals surface area contributed by atoms with E-state index in [4.69, 9.17) is 4.74 Å². The van der Waals surface area contributed by atoms with E-state index in [9.17, 15) is 8.78 Å². The molecule has 1 aliphatic rings. The van der Waals surface area contributed by atoms with E-state index in [1.165, 1.54) is 0 Å². The molecule has 1 aliphatic heterocycles. The fourth-order valence-electron chi connectivity index (χ4n) is 3.69. The minimum Gasteiger partial charge on any atom is -0.434 e. The second-order valence-corrected chi connectivity index (χ2v) is 8.36. The highest BCUT2D eigenvalue weighted by Gasteiger charge is 2.35. The molecule has 1 saturated heterocycles. The number of halogens is 2. The molecule has 1 aromatic rings. The lowest BCUT2D eigenvalue weighted by Gasteiger charge is -2.40. The van der Waals surface area contributed by atoms with Gasteiger partial charge in [-0.2, -0.15) is 8.78 Å². The molecule has 1 fully saturated rings. The van der Waals surface area contributed by atoms with Crippen LogP contribution in [0.3, 0.4) is 0 Å². The number of aliphatic imine (C=N–C) groups is 1. The van der Waals surface area contributed by atoms with E-state index >= 15 is 0 Å². The molecule has 1 heterocycles. The molecule has 2 N–H and O–H groups in total. The number of alkyl halides is 2. The summed E-state index contributed by atoms with van der Waals surface area (Å²) in [5, 5.41) is 6.55. The Morgan fingerprint density at radius 2 is 2.07 bits per heavy atom. The summed E-state index contributed by atoms with van der Waals surface area (Å²) in [6.07, 6.45) is 2.35. The summed E-state index contributed by atoms with van der Waals surface area (Å²) < 4.78 is 35.9. The van der Waals surface area contributed by atoms with Crippen molar-refractivity contribution in [3.05, 3.63) is 29.3 Å². The van der Waals surface area contributed by atoms with Crippen molar-refractivity contribution >= 4 is 5.96 Å². The molecule has 0 radical (unpaired) electrons. The van der Waals surface area contributed by atoms with Crippen LogP contribution in [0, 0.1) is 18.3 Å². The van der Waals surface area contributed by atoms with Gasteiger partial charge >= 0.3 is 6.61 Å². The number of hydrogen-bond donors (Lipinski definition) is 2. The predicted molar refractivity (Wildman–Crippen MR) is 108 cm³/mol. The number of nitrogens with zero attached hydrogens (tertiary/aromatic N) is 1. The normalized spacial score (nSPS) is 20.9. The zero-order chi connectivity index (χ0) is 20.7. The van der Waals surface area contributed by atoms with Crippen LogP contribution in [-0.4, -0.2) is 38.9 Å². The van der Waals surface area contributed by atoms with Gasteiger partial charge in [0, 0.05) is 38.2 Å². The first-order chi connectivity index (χ1) is 13.2. The van der Waals surface area contributed by atoms with Crippen molar-refractivity contribution in [1.82, 2.24) is 10.6 Å². The number of nitrogens with one attached hydrogen (secondary N) is 2. The lowest BCUT2D eigenvalue weighted by molar-refractivity contribution is -0.0835. The van der Waals surface area contributed by atoms with Gasteiger partial charge in [0.15, 0.2) is 5.96 Å². The Morgan fingerprint density at radius 1 is 1.32 bits per heavy atom. The van der Waals surface area contributed by atoms with E-state index in [1.807, 2.05) is 13.0 Å². The molecule has 5 nitrogen and oxygen atoms in total. The average Bonchev–Trinajstić information content (AvgIpc) is 2.63. The maximum absolute atomic E-state index is 12.6. The molecule has 0 bridgehead atoms. The summed E-state index contributed by atoms with van der Waals surface area (Å²) in [4.78, 5) is 4.25. The molecular formula is C21H33F2N3O2. The monoisotopic (exact) mass is 397 g/mol. The summed E-state index contributed by atoms with van der Waals surface area (Å²) >= 11 is 0.